The molecule has 6 nitrogen and oxygen atoms in total. The normalized spacial score (nSPS) is 17.3. The molecule has 0 spiro atoms. The van der Waals surface area contributed by atoms with Gasteiger partial charge in [-0.3, -0.25) is 0 Å². The molecule has 27 heavy (non-hydrogen) atoms. The number of aliphatic imine (C=N–C) groups is 1. The van der Waals surface area contributed by atoms with E-state index in [4.69, 9.17) is 9.73 Å². The van der Waals surface area contributed by atoms with E-state index in [1.165, 1.54) is 4.88 Å². The van der Waals surface area contributed by atoms with Gasteiger partial charge >= 0.3 is 0 Å². The molecule has 1 aromatic carbocycles. The van der Waals surface area contributed by atoms with Gasteiger partial charge in [-0.1, -0.05) is 12.1 Å². The van der Waals surface area contributed by atoms with Gasteiger partial charge in [-0.25, -0.2) is 9.98 Å². The summed E-state index contributed by atoms with van der Waals surface area (Å²) in [5, 5.41) is 7.99. The van der Waals surface area contributed by atoms with Crippen molar-refractivity contribution in [3.8, 4) is 5.75 Å². The lowest BCUT2D eigenvalue weighted by atomic mass is 10.2. The Bertz CT molecular complexity index is 769. The zero-order valence-corrected chi connectivity index (χ0v) is 17.4. The van der Waals surface area contributed by atoms with Crippen LogP contribution < -0.4 is 20.3 Å². The first-order valence-electron chi connectivity index (χ1n) is 9.46. The number of methoxy groups -OCH3 is 1. The van der Waals surface area contributed by atoms with E-state index >= 15 is 0 Å². The molecule has 1 aromatic heterocycles. The molecule has 2 N–H and O–H groups in total. The van der Waals surface area contributed by atoms with Crippen LogP contribution in [0.25, 0.3) is 0 Å². The highest BCUT2D eigenvalue weighted by Gasteiger charge is 2.25. The number of para-hydroxylation sites is 2. The SMILES string of the molecule is CCNC(=NCc1nc(C)c(C)s1)NC1CCN(c2ccccc2OC)C1. The minimum Gasteiger partial charge on any atom is -0.495 e. The Morgan fingerprint density at radius 3 is 2.89 bits per heavy atom. The average Bonchev–Trinajstić information content (AvgIpc) is 3.26. The van der Waals surface area contributed by atoms with Gasteiger partial charge in [-0.15, -0.1) is 11.3 Å². The van der Waals surface area contributed by atoms with Crippen molar-refractivity contribution in [3.05, 3.63) is 39.8 Å². The van der Waals surface area contributed by atoms with E-state index in [1.807, 2.05) is 19.1 Å². The second-order valence-corrected chi connectivity index (χ2v) is 7.98. The molecular formula is C20H29N5OS. The van der Waals surface area contributed by atoms with Gasteiger partial charge in [0.25, 0.3) is 0 Å². The predicted octanol–water partition coefficient (Wildman–Crippen LogP) is 3.10. The van der Waals surface area contributed by atoms with Gasteiger partial charge in [-0.05, 0) is 39.3 Å². The highest BCUT2D eigenvalue weighted by atomic mass is 32.1. The molecule has 1 saturated heterocycles. The van der Waals surface area contributed by atoms with E-state index in [2.05, 4.69) is 46.5 Å². The maximum absolute atomic E-state index is 5.51. The summed E-state index contributed by atoms with van der Waals surface area (Å²) in [6.07, 6.45) is 1.07. The summed E-state index contributed by atoms with van der Waals surface area (Å²) in [6, 6.07) is 8.55. The van der Waals surface area contributed by atoms with E-state index in [1.54, 1.807) is 18.4 Å². The fourth-order valence-corrected chi connectivity index (χ4v) is 4.11. The van der Waals surface area contributed by atoms with E-state index in [-0.39, 0.29) is 0 Å². The summed E-state index contributed by atoms with van der Waals surface area (Å²) in [5.41, 5.74) is 2.26. The molecular weight excluding hydrogens is 358 g/mol. The fraction of sp³-hybridized carbons (Fsp3) is 0.500. The first-order chi connectivity index (χ1) is 13.1. The zero-order valence-electron chi connectivity index (χ0n) is 16.6. The van der Waals surface area contributed by atoms with Crippen LogP contribution in [0.15, 0.2) is 29.3 Å². The van der Waals surface area contributed by atoms with Crippen LogP contribution in [0.2, 0.25) is 0 Å². The van der Waals surface area contributed by atoms with Crippen molar-refractivity contribution in [1.82, 2.24) is 15.6 Å². The van der Waals surface area contributed by atoms with E-state index in [0.717, 1.165) is 54.2 Å². The van der Waals surface area contributed by atoms with Gasteiger partial charge in [0, 0.05) is 30.6 Å². The summed E-state index contributed by atoms with van der Waals surface area (Å²) < 4.78 is 5.51. The zero-order chi connectivity index (χ0) is 19.2. The first-order valence-corrected chi connectivity index (χ1v) is 10.3. The summed E-state index contributed by atoms with van der Waals surface area (Å²) in [4.78, 5) is 12.9. The molecule has 1 aliphatic heterocycles. The predicted molar refractivity (Wildman–Crippen MR) is 113 cm³/mol. The molecule has 1 aliphatic rings. The summed E-state index contributed by atoms with van der Waals surface area (Å²) in [6.45, 7) is 9.62. The van der Waals surface area contributed by atoms with Gasteiger partial charge in [0.05, 0.1) is 25.0 Å². The molecule has 0 amide bonds. The van der Waals surface area contributed by atoms with Crippen LogP contribution in [0.1, 0.15) is 28.9 Å². The van der Waals surface area contributed by atoms with Crippen molar-refractivity contribution in [2.45, 2.75) is 39.8 Å². The number of hydrogen-bond donors (Lipinski definition) is 2. The Morgan fingerprint density at radius 1 is 1.37 bits per heavy atom. The Hall–Kier alpha value is -2.28. The number of thiazole rings is 1. The molecule has 0 aliphatic carbocycles. The first kappa shape index (κ1) is 19.5. The number of aryl methyl sites for hydroxylation is 2. The minimum absolute atomic E-state index is 0.354. The van der Waals surface area contributed by atoms with Crippen molar-refractivity contribution in [2.75, 3.05) is 31.6 Å². The van der Waals surface area contributed by atoms with Crippen LogP contribution in [0.5, 0.6) is 5.75 Å². The number of hydrogen-bond acceptors (Lipinski definition) is 5. The van der Waals surface area contributed by atoms with Crippen molar-refractivity contribution >= 4 is 23.0 Å². The van der Waals surface area contributed by atoms with Crippen LogP contribution >= 0.6 is 11.3 Å². The van der Waals surface area contributed by atoms with Crippen molar-refractivity contribution in [3.63, 3.8) is 0 Å². The maximum atomic E-state index is 5.51. The maximum Gasteiger partial charge on any atom is 0.191 e. The molecule has 0 radical (unpaired) electrons. The van der Waals surface area contributed by atoms with E-state index in [9.17, 15) is 0 Å². The van der Waals surface area contributed by atoms with Crippen LogP contribution in [0.4, 0.5) is 5.69 Å². The molecule has 1 atom stereocenters. The molecule has 3 rings (SSSR count). The lowest BCUT2D eigenvalue weighted by Gasteiger charge is -2.22. The number of guanidine groups is 1. The van der Waals surface area contributed by atoms with Gasteiger partial charge in [0.15, 0.2) is 5.96 Å². The molecule has 0 bridgehead atoms. The standard InChI is InChI=1S/C20H29N5OS/c1-5-21-20(22-12-19-23-14(2)15(3)27-19)24-16-10-11-25(13-16)17-8-6-7-9-18(17)26-4/h6-9,16H,5,10-13H2,1-4H3,(H2,21,22,24). The summed E-state index contributed by atoms with van der Waals surface area (Å²) >= 11 is 1.72. The number of nitrogens with zero attached hydrogens (tertiary/aromatic N) is 3. The quantitative estimate of drug-likeness (QED) is 0.589. The fourth-order valence-electron chi connectivity index (χ4n) is 3.25. The van der Waals surface area contributed by atoms with Crippen LogP contribution in [-0.2, 0) is 6.54 Å². The second-order valence-electron chi connectivity index (χ2n) is 6.69. The summed E-state index contributed by atoms with van der Waals surface area (Å²) in [7, 11) is 1.72. The van der Waals surface area contributed by atoms with Gasteiger partial charge in [0.2, 0.25) is 0 Å². The third-order valence-corrected chi connectivity index (χ3v) is 5.80. The van der Waals surface area contributed by atoms with E-state index < -0.39 is 0 Å². The van der Waals surface area contributed by atoms with Crippen LogP contribution in [0.3, 0.4) is 0 Å². The average molecular weight is 388 g/mol. The number of benzene rings is 1. The van der Waals surface area contributed by atoms with Crippen LogP contribution in [-0.4, -0.2) is 43.7 Å². The number of ether oxygens (including phenoxy) is 1. The lowest BCUT2D eigenvalue weighted by Crippen LogP contribution is -2.44. The number of nitrogens with one attached hydrogen (secondary N) is 2. The number of anilines is 1. The Morgan fingerprint density at radius 2 is 2.19 bits per heavy atom. The Labute approximate surface area is 165 Å². The minimum atomic E-state index is 0.354. The molecule has 1 unspecified atom stereocenters. The largest absolute Gasteiger partial charge is 0.495 e. The smallest absolute Gasteiger partial charge is 0.191 e. The van der Waals surface area contributed by atoms with Crippen LogP contribution in [0, 0.1) is 13.8 Å². The number of aromatic nitrogens is 1. The lowest BCUT2D eigenvalue weighted by molar-refractivity contribution is 0.415. The highest BCUT2D eigenvalue weighted by Crippen LogP contribution is 2.30. The third-order valence-electron chi connectivity index (χ3n) is 4.74. The molecule has 146 valence electrons. The second kappa shape index (κ2) is 9.08. The molecule has 0 saturated carbocycles. The van der Waals surface area contributed by atoms with Gasteiger partial charge in [0.1, 0.15) is 10.8 Å². The summed E-state index contributed by atoms with van der Waals surface area (Å²) in [5.74, 6) is 1.78. The molecule has 7 heteroatoms. The van der Waals surface area contributed by atoms with Crippen molar-refractivity contribution in [2.24, 2.45) is 4.99 Å². The van der Waals surface area contributed by atoms with Gasteiger partial charge in [-0.2, -0.15) is 0 Å². The molecule has 2 heterocycles. The third kappa shape index (κ3) is 4.91. The molecule has 2 aromatic rings. The molecule has 1 fully saturated rings. The van der Waals surface area contributed by atoms with Gasteiger partial charge < -0.3 is 20.3 Å². The topological polar surface area (TPSA) is 61.8 Å². The Kier molecular flexibility index (Phi) is 6.55. The van der Waals surface area contributed by atoms with Crippen molar-refractivity contribution < 1.29 is 4.74 Å². The Balaban J connectivity index is 1.62. The van der Waals surface area contributed by atoms with E-state index in [0.29, 0.717) is 12.6 Å². The highest BCUT2D eigenvalue weighted by molar-refractivity contribution is 7.11. The monoisotopic (exact) mass is 387 g/mol. The van der Waals surface area contributed by atoms with Crippen molar-refractivity contribution in [1.29, 1.82) is 0 Å². The number of rotatable bonds is 6.